The van der Waals surface area contributed by atoms with Crippen molar-refractivity contribution in [2.45, 2.75) is 45.5 Å². The minimum absolute atomic E-state index is 0.153. The Labute approximate surface area is 241 Å². The average molecular weight is 583 g/mol. The highest BCUT2D eigenvalue weighted by Gasteiger charge is 2.32. The fourth-order valence-electron chi connectivity index (χ4n) is 5.34. The van der Waals surface area contributed by atoms with Crippen molar-refractivity contribution in [3.8, 4) is 0 Å². The first kappa shape index (κ1) is 29.4. The number of oxazole rings is 1. The first-order chi connectivity index (χ1) is 20.2. The van der Waals surface area contributed by atoms with Crippen molar-refractivity contribution >= 4 is 22.8 Å². The number of carbonyl (C=O) groups excluding carboxylic acids is 2. The first-order valence-electron chi connectivity index (χ1n) is 14.0. The minimum Gasteiger partial charge on any atom is -0.466 e. The van der Waals surface area contributed by atoms with Crippen molar-refractivity contribution in [3.05, 3.63) is 89.3 Å². The van der Waals surface area contributed by atoms with E-state index >= 15 is 0 Å². The van der Waals surface area contributed by atoms with Crippen LogP contribution in [0, 0.1) is 5.92 Å². The molecule has 0 radical (unpaired) electrons. The number of carbonyl (C=O) groups is 2. The molecule has 11 heteroatoms. The molecule has 4 aromatic rings. The molecule has 1 aliphatic rings. The Kier molecular flexibility index (Phi) is 8.96. The van der Waals surface area contributed by atoms with Crippen LogP contribution in [0.15, 0.2) is 65.4 Å². The summed E-state index contributed by atoms with van der Waals surface area (Å²) in [5.41, 5.74) is 2.31. The number of aromatic nitrogens is 2. The van der Waals surface area contributed by atoms with Crippen molar-refractivity contribution in [1.82, 2.24) is 19.8 Å². The summed E-state index contributed by atoms with van der Waals surface area (Å²) in [6.45, 7) is 4.01. The van der Waals surface area contributed by atoms with Gasteiger partial charge in [0.2, 0.25) is 5.89 Å². The van der Waals surface area contributed by atoms with E-state index in [1.165, 1.54) is 18.4 Å². The fourth-order valence-corrected chi connectivity index (χ4v) is 5.34. The maximum atomic E-state index is 13.2. The van der Waals surface area contributed by atoms with Crippen LogP contribution >= 0.6 is 0 Å². The van der Waals surface area contributed by atoms with Gasteiger partial charge in [-0.3, -0.25) is 14.5 Å². The number of benzene rings is 2. The summed E-state index contributed by atoms with van der Waals surface area (Å²) in [6.07, 6.45) is 0.919. The molecule has 1 atom stereocenters. The molecule has 8 nitrogen and oxygen atoms in total. The number of piperidine rings is 1. The maximum absolute atomic E-state index is 13.2. The van der Waals surface area contributed by atoms with Gasteiger partial charge in [-0.25, -0.2) is 4.98 Å². The summed E-state index contributed by atoms with van der Waals surface area (Å²) in [4.78, 5) is 36.7. The highest BCUT2D eigenvalue weighted by molar-refractivity contribution is 5.92. The number of esters is 1. The van der Waals surface area contributed by atoms with Crippen molar-refractivity contribution in [1.29, 1.82) is 0 Å². The summed E-state index contributed by atoms with van der Waals surface area (Å²) >= 11 is 0. The molecular formula is C31H33F3N4O4. The predicted molar refractivity (Wildman–Crippen MR) is 149 cm³/mol. The number of amides is 1. The molecule has 1 saturated heterocycles. The third-order valence-electron chi connectivity index (χ3n) is 7.52. The number of rotatable bonds is 10. The summed E-state index contributed by atoms with van der Waals surface area (Å²) in [5.74, 6) is -0.655. The van der Waals surface area contributed by atoms with Crippen molar-refractivity contribution in [2.24, 2.45) is 5.92 Å². The van der Waals surface area contributed by atoms with Gasteiger partial charge in [0.05, 0.1) is 24.6 Å². The van der Waals surface area contributed by atoms with Crippen LogP contribution in [0.4, 0.5) is 13.2 Å². The number of nitrogens with one attached hydrogen (secondary N) is 1. The largest absolute Gasteiger partial charge is 0.466 e. The number of hydrogen-bond donors (Lipinski definition) is 1. The number of halogens is 3. The molecule has 42 heavy (non-hydrogen) atoms. The van der Waals surface area contributed by atoms with E-state index in [1.54, 1.807) is 11.8 Å². The zero-order valence-electron chi connectivity index (χ0n) is 23.3. The van der Waals surface area contributed by atoms with Crippen LogP contribution in [0.2, 0.25) is 0 Å². The number of hydrogen-bond acceptors (Lipinski definition) is 6. The Morgan fingerprint density at radius 2 is 1.93 bits per heavy atom. The number of aromatic amines is 1. The number of nitrogens with zero attached hydrogens (tertiary/aromatic N) is 3. The number of likely N-dealkylation sites (tertiary alicyclic amines) is 1. The van der Waals surface area contributed by atoms with Gasteiger partial charge in [0, 0.05) is 43.3 Å². The monoisotopic (exact) mass is 582 g/mol. The lowest BCUT2D eigenvalue weighted by atomic mass is 9.98. The van der Waals surface area contributed by atoms with Gasteiger partial charge in [-0.2, -0.15) is 13.2 Å². The fraction of sp³-hybridized carbons (Fsp3) is 0.387. The van der Waals surface area contributed by atoms with Crippen LogP contribution in [0.5, 0.6) is 0 Å². The van der Waals surface area contributed by atoms with Gasteiger partial charge in [-0.1, -0.05) is 30.3 Å². The number of para-hydroxylation sites is 1. The van der Waals surface area contributed by atoms with Crippen LogP contribution in [-0.2, 0) is 35.2 Å². The second kappa shape index (κ2) is 12.8. The van der Waals surface area contributed by atoms with Gasteiger partial charge in [0.1, 0.15) is 6.26 Å². The molecule has 222 valence electrons. The van der Waals surface area contributed by atoms with Crippen LogP contribution in [0.3, 0.4) is 0 Å². The van der Waals surface area contributed by atoms with Gasteiger partial charge in [0.15, 0.2) is 5.69 Å². The maximum Gasteiger partial charge on any atom is 0.416 e. The standard InChI is InChI=1S/C31H33F3N4O4/c1-2-41-30(40)23-6-5-14-38(18-23)29(39)27-20-42-28(36-27)19-37(17-21-9-11-24(12-10-21)31(32,33)34)15-13-22-16-35-26-8-4-3-7-25(22)26/h3-4,7-12,16,20,23,35H,2,5-6,13-15,17-19H2,1H3/t23-/m0/s1. The summed E-state index contributed by atoms with van der Waals surface area (Å²) in [5, 5.41) is 1.11. The Bertz CT molecular complexity index is 1510. The third kappa shape index (κ3) is 7.02. The van der Waals surface area contributed by atoms with E-state index in [4.69, 9.17) is 9.15 Å². The van der Waals surface area contributed by atoms with E-state index in [-0.39, 0.29) is 36.6 Å². The van der Waals surface area contributed by atoms with Gasteiger partial charge in [-0.05, 0) is 55.5 Å². The van der Waals surface area contributed by atoms with Gasteiger partial charge in [-0.15, -0.1) is 0 Å². The molecule has 1 aliphatic heterocycles. The number of alkyl halides is 3. The molecule has 0 saturated carbocycles. The van der Waals surface area contributed by atoms with Crippen molar-refractivity contribution in [3.63, 3.8) is 0 Å². The molecule has 1 amide bonds. The van der Waals surface area contributed by atoms with Gasteiger partial charge in [0.25, 0.3) is 5.91 Å². The topological polar surface area (TPSA) is 91.7 Å². The Hall–Kier alpha value is -4.12. The number of ether oxygens (including phenoxy) is 1. The smallest absolute Gasteiger partial charge is 0.416 e. The molecule has 0 unspecified atom stereocenters. The molecule has 0 aliphatic carbocycles. The number of H-pyrrole nitrogens is 1. The molecule has 5 rings (SSSR count). The molecule has 1 N–H and O–H groups in total. The Balaban J connectivity index is 1.29. The quantitative estimate of drug-likeness (QED) is 0.237. The molecular weight excluding hydrogens is 549 g/mol. The number of fused-ring (bicyclic) bond motifs is 1. The van der Waals surface area contributed by atoms with Crippen LogP contribution < -0.4 is 0 Å². The highest BCUT2D eigenvalue weighted by atomic mass is 19.4. The summed E-state index contributed by atoms with van der Waals surface area (Å²) < 4.78 is 50.1. The summed E-state index contributed by atoms with van der Waals surface area (Å²) in [7, 11) is 0. The zero-order valence-corrected chi connectivity index (χ0v) is 23.3. The minimum atomic E-state index is -4.40. The lowest BCUT2D eigenvalue weighted by Crippen LogP contribution is -2.43. The average Bonchev–Trinajstić information content (AvgIpc) is 3.63. The molecule has 0 spiro atoms. The summed E-state index contributed by atoms with van der Waals surface area (Å²) in [6, 6.07) is 13.1. The van der Waals surface area contributed by atoms with E-state index < -0.39 is 11.7 Å². The normalized spacial score (nSPS) is 15.8. The van der Waals surface area contributed by atoms with Gasteiger partial charge >= 0.3 is 12.1 Å². The second-order valence-corrected chi connectivity index (χ2v) is 10.5. The Morgan fingerprint density at radius 3 is 2.69 bits per heavy atom. The van der Waals surface area contributed by atoms with E-state index in [0.717, 1.165) is 28.6 Å². The molecule has 2 aromatic heterocycles. The molecule has 1 fully saturated rings. The zero-order chi connectivity index (χ0) is 29.7. The van der Waals surface area contributed by atoms with E-state index in [2.05, 4.69) is 9.97 Å². The molecule has 0 bridgehead atoms. The second-order valence-electron chi connectivity index (χ2n) is 10.5. The van der Waals surface area contributed by atoms with Crippen molar-refractivity contribution in [2.75, 3.05) is 26.2 Å². The predicted octanol–water partition coefficient (Wildman–Crippen LogP) is 5.83. The van der Waals surface area contributed by atoms with Crippen molar-refractivity contribution < 1.29 is 31.9 Å². The Morgan fingerprint density at radius 1 is 1.14 bits per heavy atom. The van der Waals surface area contributed by atoms with Gasteiger partial charge < -0.3 is 19.0 Å². The van der Waals surface area contributed by atoms with E-state index in [0.29, 0.717) is 57.0 Å². The SMILES string of the molecule is CCOC(=O)[C@H]1CCCN(C(=O)c2coc(CN(CCc3c[nH]c4ccccc34)Cc3ccc(C(F)(F)F)cc3)n2)C1. The highest BCUT2D eigenvalue weighted by Crippen LogP contribution is 2.29. The van der Waals surface area contributed by atoms with E-state index in [9.17, 15) is 22.8 Å². The lowest BCUT2D eigenvalue weighted by Gasteiger charge is -2.30. The molecule has 2 aromatic carbocycles. The van der Waals surface area contributed by atoms with E-state index in [1.807, 2.05) is 35.4 Å². The molecule has 3 heterocycles. The van der Waals surface area contributed by atoms with Crippen LogP contribution in [0.25, 0.3) is 10.9 Å². The van der Waals surface area contributed by atoms with Crippen LogP contribution in [-0.4, -0.2) is 57.9 Å². The third-order valence-corrected chi connectivity index (χ3v) is 7.52. The first-order valence-corrected chi connectivity index (χ1v) is 14.0. The lowest BCUT2D eigenvalue weighted by molar-refractivity contribution is -0.149. The van der Waals surface area contributed by atoms with Crippen LogP contribution in [0.1, 0.15) is 52.8 Å².